The summed E-state index contributed by atoms with van der Waals surface area (Å²) in [6.07, 6.45) is 6.63. The van der Waals surface area contributed by atoms with Crippen LogP contribution in [0.4, 0.5) is 10.2 Å². The summed E-state index contributed by atoms with van der Waals surface area (Å²) < 4.78 is 13.1. The van der Waals surface area contributed by atoms with Crippen molar-refractivity contribution < 1.29 is 9.18 Å². The number of nitrogens with zero attached hydrogens (tertiary/aromatic N) is 1. The lowest BCUT2D eigenvalue weighted by molar-refractivity contribution is 0.0921. The van der Waals surface area contributed by atoms with Crippen LogP contribution >= 0.6 is 0 Å². The summed E-state index contributed by atoms with van der Waals surface area (Å²) in [6, 6.07) is 1.27. The van der Waals surface area contributed by atoms with Gasteiger partial charge in [-0.1, -0.05) is 26.2 Å². The third-order valence-corrected chi connectivity index (χ3v) is 3.81. The van der Waals surface area contributed by atoms with Crippen LogP contribution in [0.25, 0.3) is 0 Å². The molecule has 1 saturated carbocycles. The third-order valence-electron chi connectivity index (χ3n) is 3.81. The first-order chi connectivity index (χ1) is 9.08. The lowest BCUT2D eigenvalue weighted by Crippen LogP contribution is -2.39. The van der Waals surface area contributed by atoms with Crippen LogP contribution in [-0.2, 0) is 0 Å². The van der Waals surface area contributed by atoms with Crippen molar-refractivity contribution in [3.8, 4) is 0 Å². The van der Waals surface area contributed by atoms with E-state index in [0.717, 1.165) is 31.5 Å². The highest BCUT2D eigenvalue weighted by molar-refractivity contribution is 5.98. The lowest BCUT2D eigenvalue weighted by atomic mass is 9.96. The van der Waals surface area contributed by atoms with E-state index in [0.29, 0.717) is 5.92 Å². The van der Waals surface area contributed by atoms with E-state index >= 15 is 0 Å². The highest BCUT2D eigenvalue weighted by atomic mass is 19.1. The average Bonchev–Trinajstić information content (AvgIpc) is 2.58. The van der Waals surface area contributed by atoms with Gasteiger partial charge in [0.25, 0.3) is 5.91 Å². The number of pyridine rings is 1. The second kappa shape index (κ2) is 5.99. The largest absolute Gasteiger partial charge is 0.383 e. The summed E-state index contributed by atoms with van der Waals surface area (Å²) >= 11 is 0. The van der Waals surface area contributed by atoms with Gasteiger partial charge in [0.2, 0.25) is 0 Å². The third kappa shape index (κ3) is 3.43. The number of nitrogen functional groups attached to an aromatic ring is 1. The Hall–Kier alpha value is -1.65. The first kappa shape index (κ1) is 13.8. The summed E-state index contributed by atoms with van der Waals surface area (Å²) in [7, 11) is 0. The number of carbonyl (C=O) groups is 1. The van der Waals surface area contributed by atoms with E-state index in [1.807, 2.05) is 0 Å². The summed E-state index contributed by atoms with van der Waals surface area (Å²) in [4.78, 5) is 15.8. The van der Waals surface area contributed by atoms with E-state index in [1.54, 1.807) is 0 Å². The van der Waals surface area contributed by atoms with Crippen molar-refractivity contribution in [1.29, 1.82) is 0 Å². The van der Waals surface area contributed by atoms with Crippen LogP contribution in [0.5, 0.6) is 0 Å². The molecule has 0 bridgehead atoms. The minimum absolute atomic E-state index is 0.0696. The summed E-state index contributed by atoms with van der Waals surface area (Å²) in [6.45, 7) is 2.14. The van der Waals surface area contributed by atoms with E-state index in [-0.39, 0.29) is 23.3 Å². The molecule has 1 aromatic heterocycles. The lowest BCUT2D eigenvalue weighted by Gasteiger charge is -2.23. The molecule has 104 valence electrons. The molecule has 4 nitrogen and oxygen atoms in total. The fraction of sp³-hybridized carbons (Fsp3) is 0.571. The number of nitrogens with two attached hydrogens (primary N) is 1. The number of nitrogens with one attached hydrogen (secondary N) is 1. The molecular formula is C14H20FN3O. The van der Waals surface area contributed by atoms with Crippen molar-refractivity contribution in [3.05, 3.63) is 23.6 Å². The molecule has 2 atom stereocenters. The average molecular weight is 265 g/mol. The first-order valence-electron chi connectivity index (χ1n) is 6.80. The minimum Gasteiger partial charge on any atom is -0.383 e. The Labute approximate surface area is 112 Å². The predicted octanol–water partition coefficient (Wildman–Crippen LogP) is 2.50. The van der Waals surface area contributed by atoms with Gasteiger partial charge in [-0.15, -0.1) is 0 Å². The number of amides is 1. The van der Waals surface area contributed by atoms with Crippen molar-refractivity contribution in [2.45, 2.75) is 45.1 Å². The molecule has 2 unspecified atom stereocenters. The Kier molecular flexibility index (Phi) is 4.35. The van der Waals surface area contributed by atoms with Gasteiger partial charge in [-0.05, 0) is 24.8 Å². The molecule has 1 heterocycles. The first-order valence-corrected chi connectivity index (χ1v) is 6.80. The number of rotatable bonds is 2. The van der Waals surface area contributed by atoms with Crippen LogP contribution in [0.15, 0.2) is 12.3 Å². The monoisotopic (exact) mass is 265 g/mol. The van der Waals surface area contributed by atoms with Gasteiger partial charge in [-0.2, -0.15) is 0 Å². The molecule has 0 spiro atoms. The van der Waals surface area contributed by atoms with Crippen LogP contribution in [-0.4, -0.2) is 16.9 Å². The van der Waals surface area contributed by atoms with E-state index in [9.17, 15) is 9.18 Å². The Bertz CT molecular complexity index is 464. The Balaban J connectivity index is 2.09. The van der Waals surface area contributed by atoms with Crippen molar-refractivity contribution >= 4 is 11.7 Å². The van der Waals surface area contributed by atoms with Crippen molar-refractivity contribution in [2.75, 3.05) is 5.73 Å². The van der Waals surface area contributed by atoms with Crippen LogP contribution in [0, 0.1) is 11.7 Å². The predicted molar refractivity (Wildman–Crippen MR) is 72.1 cm³/mol. The maximum atomic E-state index is 13.1. The van der Waals surface area contributed by atoms with Crippen LogP contribution in [0.1, 0.15) is 49.4 Å². The highest BCUT2D eigenvalue weighted by Gasteiger charge is 2.23. The van der Waals surface area contributed by atoms with Gasteiger partial charge >= 0.3 is 0 Å². The van der Waals surface area contributed by atoms with Crippen molar-refractivity contribution in [2.24, 2.45) is 5.92 Å². The number of aromatic nitrogens is 1. The minimum atomic E-state index is -0.548. The van der Waals surface area contributed by atoms with Crippen molar-refractivity contribution in [1.82, 2.24) is 10.3 Å². The fourth-order valence-corrected chi connectivity index (χ4v) is 2.59. The number of carbonyl (C=O) groups excluding carboxylic acids is 1. The molecule has 1 aliphatic rings. The number of halogens is 1. The molecule has 1 amide bonds. The Morgan fingerprint density at radius 2 is 2.16 bits per heavy atom. The van der Waals surface area contributed by atoms with Crippen LogP contribution in [0.3, 0.4) is 0 Å². The van der Waals surface area contributed by atoms with E-state index in [1.165, 1.54) is 12.8 Å². The van der Waals surface area contributed by atoms with E-state index in [2.05, 4.69) is 17.2 Å². The molecule has 1 fully saturated rings. The molecule has 0 radical (unpaired) electrons. The van der Waals surface area contributed by atoms with Gasteiger partial charge in [0, 0.05) is 6.04 Å². The molecule has 2 rings (SSSR count). The number of hydrogen-bond acceptors (Lipinski definition) is 3. The normalized spacial score (nSPS) is 23.7. The molecule has 5 heteroatoms. The zero-order chi connectivity index (χ0) is 13.8. The van der Waals surface area contributed by atoms with Gasteiger partial charge in [0.15, 0.2) is 0 Å². The molecule has 0 saturated heterocycles. The van der Waals surface area contributed by atoms with E-state index < -0.39 is 5.82 Å². The van der Waals surface area contributed by atoms with Gasteiger partial charge < -0.3 is 11.1 Å². The SMILES string of the molecule is CC1CCCCCC1NC(=O)c1cc(F)cnc1N. The summed E-state index contributed by atoms with van der Waals surface area (Å²) in [5.74, 6) is -0.370. The smallest absolute Gasteiger partial charge is 0.255 e. The number of anilines is 1. The van der Waals surface area contributed by atoms with Crippen molar-refractivity contribution in [3.63, 3.8) is 0 Å². The van der Waals surface area contributed by atoms with Gasteiger partial charge in [0.1, 0.15) is 11.6 Å². The molecule has 0 aromatic carbocycles. The topological polar surface area (TPSA) is 68.0 Å². The quantitative estimate of drug-likeness (QED) is 0.807. The maximum absolute atomic E-state index is 13.1. The fourth-order valence-electron chi connectivity index (χ4n) is 2.59. The second-order valence-electron chi connectivity index (χ2n) is 5.28. The zero-order valence-electron chi connectivity index (χ0n) is 11.2. The zero-order valence-corrected chi connectivity index (χ0v) is 11.2. The molecule has 0 aliphatic heterocycles. The van der Waals surface area contributed by atoms with Gasteiger partial charge in [-0.25, -0.2) is 9.37 Å². The highest BCUT2D eigenvalue weighted by Crippen LogP contribution is 2.23. The molecule has 3 N–H and O–H groups in total. The van der Waals surface area contributed by atoms with Crippen LogP contribution < -0.4 is 11.1 Å². The number of hydrogen-bond donors (Lipinski definition) is 2. The standard InChI is InChI=1S/C14H20FN3O/c1-9-5-3-2-4-6-12(9)18-14(19)11-7-10(15)8-17-13(11)16/h7-9,12H,2-6H2,1H3,(H2,16,17)(H,18,19). The second-order valence-corrected chi connectivity index (χ2v) is 5.28. The summed E-state index contributed by atoms with van der Waals surface area (Å²) in [5, 5.41) is 2.97. The summed E-state index contributed by atoms with van der Waals surface area (Å²) in [5.41, 5.74) is 5.74. The Morgan fingerprint density at radius 3 is 2.95 bits per heavy atom. The Morgan fingerprint density at radius 1 is 1.42 bits per heavy atom. The molecular weight excluding hydrogens is 245 g/mol. The van der Waals surface area contributed by atoms with Crippen LogP contribution in [0.2, 0.25) is 0 Å². The van der Waals surface area contributed by atoms with Gasteiger partial charge in [-0.3, -0.25) is 4.79 Å². The molecule has 1 aliphatic carbocycles. The van der Waals surface area contributed by atoms with Gasteiger partial charge in [0.05, 0.1) is 11.8 Å². The maximum Gasteiger partial charge on any atom is 0.255 e. The van der Waals surface area contributed by atoms with E-state index in [4.69, 9.17) is 5.73 Å². The molecule has 19 heavy (non-hydrogen) atoms. The molecule has 1 aromatic rings.